The number of anilines is 1. The molecule has 1 aliphatic heterocycles. The van der Waals surface area contributed by atoms with Crippen LogP contribution in [0.2, 0.25) is 0 Å². The van der Waals surface area contributed by atoms with Crippen molar-refractivity contribution in [2.24, 2.45) is 0 Å². The Labute approximate surface area is 122 Å². The molecule has 1 unspecified atom stereocenters. The highest BCUT2D eigenvalue weighted by Crippen LogP contribution is 2.25. The normalized spacial score (nSPS) is 16.3. The lowest BCUT2D eigenvalue weighted by Gasteiger charge is -2.22. The summed E-state index contributed by atoms with van der Waals surface area (Å²) < 4.78 is 6.14. The molecule has 1 atom stereocenters. The molecule has 1 aromatic rings. The molecule has 0 saturated carbocycles. The van der Waals surface area contributed by atoms with Gasteiger partial charge in [0.05, 0.1) is 7.11 Å². The van der Waals surface area contributed by atoms with Gasteiger partial charge >= 0.3 is 0 Å². The summed E-state index contributed by atoms with van der Waals surface area (Å²) in [6.45, 7) is 3.66. The fourth-order valence-electron chi connectivity index (χ4n) is 2.29. The zero-order valence-electron chi connectivity index (χ0n) is 11.3. The first-order valence-electron chi connectivity index (χ1n) is 6.50. The zero-order chi connectivity index (χ0) is 13.8. The molecule has 4 nitrogen and oxygen atoms in total. The number of methoxy groups -OCH3 is 1. The minimum atomic E-state index is -0.225. The zero-order valence-corrected chi connectivity index (χ0v) is 12.9. The lowest BCUT2D eigenvalue weighted by Crippen LogP contribution is -2.39. The van der Waals surface area contributed by atoms with E-state index in [1.54, 1.807) is 7.11 Å². The van der Waals surface area contributed by atoms with Gasteiger partial charge in [-0.1, -0.05) is 15.9 Å². The van der Waals surface area contributed by atoms with Crippen LogP contribution in [0.25, 0.3) is 0 Å². The Balaban J connectivity index is 2.03. The summed E-state index contributed by atoms with van der Waals surface area (Å²) in [6.07, 6.45) is 2.23. The van der Waals surface area contributed by atoms with Gasteiger partial charge in [-0.15, -0.1) is 0 Å². The van der Waals surface area contributed by atoms with Crippen LogP contribution in [-0.2, 0) is 4.79 Å². The summed E-state index contributed by atoms with van der Waals surface area (Å²) in [6, 6.07) is 5.49. The number of likely N-dealkylation sites (tertiary alicyclic amines) is 1. The van der Waals surface area contributed by atoms with Gasteiger partial charge in [-0.25, -0.2) is 0 Å². The van der Waals surface area contributed by atoms with Crippen LogP contribution in [0.5, 0.6) is 5.75 Å². The minimum Gasteiger partial charge on any atom is -0.497 e. The summed E-state index contributed by atoms with van der Waals surface area (Å²) >= 11 is 3.43. The van der Waals surface area contributed by atoms with E-state index in [-0.39, 0.29) is 11.9 Å². The number of nitrogens with one attached hydrogen (secondary N) is 1. The van der Waals surface area contributed by atoms with E-state index in [0.29, 0.717) is 0 Å². The van der Waals surface area contributed by atoms with Crippen LogP contribution in [0.3, 0.4) is 0 Å². The second-order valence-electron chi connectivity index (χ2n) is 4.78. The van der Waals surface area contributed by atoms with Gasteiger partial charge in [0.15, 0.2) is 0 Å². The van der Waals surface area contributed by atoms with Crippen LogP contribution in [0.15, 0.2) is 22.7 Å². The van der Waals surface area contributed by atoms with Crippen LogP contribution < -0.4 is 10.1 Å². The molecule has 0 aromatic heterocycles. The molecule has 5 heteroatoms. The standard InChI is InChI=1S/C14H19BrN2O2/c1-10(14(18)17-5-3-4-6-17)16-12-7-11(15)8-13(9-12)19-2/h7-10,16H,3-6H2,1-2H3. The van der Waals surface area contributed by atoms with Gasteiger partial charge in [0.25, 0.3) is 0 Å². The molecule has 1 aromatic carbocycles. The molecule has 0 aliphatic carbocycles. The summed E-state index contributed by atoms with van der Waals surface area (Å²) in [7, 11) is 1.63. The van der Waals surface area contributed by atoms with E-state index >= 15 is 0 Å². The van der Waals surface area contributed by atoms with Crippen LogP contribution in [0.1, 0.15) is 19.8 Å². The van der Waals surface area contributed by atoms with Crippen LogP contribution >= 0.6 is 15.9 Å². The molecule has 1 saturated heterocycles. The van der Waals surface area contributed by atoms with Gasteiger partial charge in [0.1, 0.15) is 11.8 Å². The summed E-state index contributed by atoms with van der Waals surface area (Å²) in [5.41, 5.74) is 0.881. The minimum absolute atomic E-state index is 0.163. The van der Waals surface area contributed by atoms with Gasteiger partial charge in [0, 0.05) is 29.3 Å². The van der Waals surface area contributed by atoms with Crippen molar-refractivity contribution in [1.82, 2.24) is 4.90 Å². The maximum Gasteiger partial charge on any atom is 0.244 e. The van der Waals surface area contributed by atoms with Gasteiger partial charge in [0.2, 0.25) is 5.91 Å². The first-order chi connectivity index (χ1) is 9.10. The third kappa shape index (κ3) is 3.62. The Kier molecular flexibility index (Phi) is 4.69. The number of amides is 1. The number of hydrogen-bond acceptors (Lipinski definition) is 3. The molecule has 1 N–H and O–H groups in total. The van der Waals surface area contributed by atoms with Gasteiger partial charge < -0.3 is 15.0 Å². The van der Waals surface area contributed by atoms with Crippen molar-refractivity contribution in [3.8, 4) is 5.75 Å². The summed E-state index contributed by atoms with van der Waals surface area (Å²) in [4.78, 5) is 14.1. The van der Waals surface area contributed by atoms with Gasteiger partial charge in [-0.2, -0.15) is 0 Å². The number of hydrogen-bond donors (Lipinski definition) is 1. The molecule has 2 rings (SSSR count). The first kappa shape index (κ1) is 14.2. The van der Waals surface area contributed by atoms with E-state index in [1.165, 1.54) is 0 Å². The fourth-order valence-corrected chi connectivity index (χ4v) is 2.76. The molecule has 19 heavy (non-hydrogen) atoms. The Hall–Kier alpha value is -1.23. The SMILES string of the molecule is COc1cc(Br)cc(NC(C)C(=O)N2CCCC2)c1. The van der Waals surface area contributed by atoms with E-state index in [4.69, 9.17) is 4.74 Å². The molecule has 0 spiro atoms. The number of nitrogens with zero attached hydrogens (tertiary/aromatic N) is 1. The van der Waals surface area contributed by atoms with Crippen molar-refractivity contribution in [3.63, 3.8) is 0 Å². The van der Waals surface area contributed by atoms with Crippen LogP contribution in [0, 0.1) is 0 Å². The smallest absolute Gasteiger partial charge is 0.244 e. The number of ether oxygens (including phenoxy) is 1. The lowest BCUT2D eigenvalue weighted by atomic mass is 10.2. The van der Waals surface area contributed by atoms with Gasteiger partial charge in [-0.05, 0) is 31.9 Å². The topological polar surface area (TPSA) is 41.6 Å². The average Bonchev–Trinajstić information content (AvgIpc) is 2.90. The molecule has 1 amide bonds. The fraction of sp³-hybridized carbons (Fsp3) is 0.500. The summed E-state index contributed by atoms with van der Waals surface area (Å²) in [5, 5.41) is 3.23. The molecular weight excluding hydrogens is 308 g/mol. The largest absolute Gasteiger partial charge is 0.497 e. The van der Waals surface area contributed by atoms with Crippen molar-refractivity contribution in [3.05, 3.63) is 22.7 Å². The second kappa shape index (κ2) is 6.28. The lowest BCUT2D eigenvalue weighted by molar-refractivity contribution is -0.130. The van der Waals surface area contributed by atoms with Crippen molar-refractivity contribution < 1.29 is 9.53 Å². The van der Waals surface area contributed by atoms with E-state index in [0.717, 1.165) is 41.8 Å². The number of halogens is 1. The number of carbonyl (C=O) groups is 1. The van der Waals surface area contributed by atoms with Crippen LogP contribution in [0.4, 0.5) is 5.69 Å². The molecule has 104 valence electrons. The quantitative estimate of drug-likeness (QED) is 0.925. The van der Waals surface area contributed by atoms with E-state index in [9.17, 15) is 4.79 Å². The first-order valence-corrected chi connectivity index (χ1v) is 7.29. The predicted octanol–water partition coefficient (Wildman–Crippen LogP) is 2.88. The molecule has 0 radical (unpaired) electrons. The highest BCUT2D eigenvalue weighted by atomic mass is 79.9. The van der Waals surface area contributed by atoms with E-state index in [2.05, 4.69) is 21.2 Å². The Bertz CT molecular complexity index is 459. The van der Waals surface area contributed by atoms with E-state index < -0.39 is 0 Å². The van der Waals surface area contributed by atoms with Crippen molar-refractivity contribution in [2.75, 3.05) is 25.5 Å². The summed E-state index contributed by atoms with van der Waals surface area (Å²) in [5.74, 6) is 0.925. The van der Waals surface area contributed by atoms with Crippen molar-refractivity contribution in [2.45, 2.75) is 25.8 Å². The highest BCUT2D eigenvalue weighted by molar-refractivity contribution is 9.10. The molecule has 1 aliphatic rings. The molecule has 0 bridgehead atoms. The maximum absolute atomic E-state index is 12.2. The third-order valence-electron chi connectivity index (χ3n) is 3.28. The molecule has 1 heterocycles. The second-order valence-corrected chi connectivity index (χ2v) is 5.69. The van der Waals surface area contributed by atoms with Crippen molar-refractivity contribution in [1.29, 1.82) is 0 Å². The Morgan fingerprint density at radius 2 is 2.05 bits per heavy atom. The number of rotatable bonds is 4. The number of benzene rings is 1. The monoisotopic (exact) mass is 326 g/mol. The average molecular weight is 327 g/mol. The third-order valence-corrected chi connectivity index (χ3v) is 3.74. The van der Waals surface area contributed by atoms with Crippen LogP contribution in [-0.4, -0.2) is 37.0 Å². The maximum atomic E-state index is 12.2. The van der Waals surface area contributed by atoms with Gasteiger partial charge in [-0.3, -0.25) is 4.79 Å². The van der Waals surface area contributed by atoms with E-state index in [1.807, 2.05) is 30.0 Å². The molecular formula is C14H19BrN2O2. The van der Waals surface area contributed by atoms with Crippen molar-refractivity contribution >= 4 is 27.5 Å². The predicted molar refractivity (Wildman–Crippen MR) is 79.6 cm³/mol. The number of carbonyl (C=O) groups excluding carboxylic acids is 1. The molecule has 1 fully saturated rings. The Morgan fingerprint density at radius 1 is 1.37 bits per heavy atom. The Morgan fingerprint density at radius 3 is 2.68 bits per heavy atom. The highest BCUT2D eigenvalue weighted by Gasteiger charge is 2.23.